The summed E-state index contributed by atoms with van der Waals surface area (Å²) in [5, 5.41) is 8.90. The second kappa shape index (κ2) is 6.19. The van der Waals surface area contributed by atoms with Gasteiger partial charge in [-0.1, -0.05) is 24.3 Å². The third-order valence-electron chi connectivity index (χ3n) is 2.76. The van der Waals surface area contributed by atoms with E-state index in [0.717, 1.165) is 18.2 Å². The van der Waals surface area contributed by atoms with Crippen molar-refractivity contribution in [1.82, 2.24) is 0 Å². The van der Waals surface area contributed by atoms with Gasteiger partial charge in [0.15, 0.2) is 0 Å². The molecule has 0 heterocycles. The number of nitrogens with one attached hydrogen (secondary N) is 1. The van der Waals surface area contributed by atoms with Crippen LogP contribution in [0.1, 0.15) is 11.1 Å². The predicted octanol–water partition coefficient (Wildman–Crippen LogP) is 2.40. The number of hydrogen-bond donors (Lipinski definition) is 2. The quantitative estimate of drug-likeness (QED) is 0.891. The van der Waals surface area contributed by atoms with Gasteiger partial charge in [0.25, 0.3) is 0 Å². The lowest BCUT2D eigenvalue weighted by Crippen LogP contribution is -2.16. The SMILES string of the molecule is O=S(=O)(Cc1ccc(CO)cc1)Nc1cc(F)ccc1F. The maximum Gasteiger partial charge on any atom is 0.237 e. The molecule has 4 nitrogen and oxygen atoms in total. The number of aliphatic hydroxyl groups is 1. The Morgan fingerprint density at radius 1 is 1.00 bits per heavy atom. The Morgan fingerprint density at radius 2 is 1.62 bits per heavy atom. The van der Waals surface area contributed by atoms with E-state index in [1.807, 2.05) is 4.72 Å². The van der Waals surface area contributed by atoms with E-state index >= 15 is 0 Å². The highest BCUT2D eigenvalue weighted by Crippen LogP contribution is 2.18. The summed E-state index contributed by atoms with van der Waals surface area (Å²) in [4.78, 5) is 0. The van der Waals surface area contributed by atoms with E-state index in [4.69, 9.17) is 5.11 Å². The Kier molecular flexibility index (Phi) is 4.54. The van der Waals surface area contributed by atoms with Gasteiger partial charge < -0.3 is 5.11 Å². The summed E-state index contributed by atoms with van der Waals surface area (Å²) in [7, 11) is -3.87. The van der Waals surface area contributed by atoms with E-state index in [-0.39, 0.29) is 12.4 Å². The first kappa shape index (κ1) is 15.4. The zero-order chi connectivity index (χ0) is 15.5. The fourth-order valence-electron chi connectivity index (χ4n) is 1.74. The summed E-state index contributed by atoms with van der Waals surface area (Å²) in [6.45, 7) is -0.139. The van der Waals surface area contributed by atoms with Gasteiger partial charge in [-0.3, -0.25) is 4.72 Å². The van der Waals surface area contributed by atoms with Crippen LogP contribution in [0.4, 0.5) is 14.5 Å². The van der Waals surface area contributed by atoms with E-state index in [1.54, 1.807) is 24.3 Å². The van der Waals surface area contributed by atoms with Gasteiger partial charge in [0.05, 0.1) is 18.0 Å². The van der Waals surface area contributed by atoms with Gasteiger partial charge in [-0.05, 0) is 23.3 Å². The molecule has 0 saturated carbocycles. The molecule has 0 saturated heterocycles. The zero-order valence-corrected chi connectivity index (χ0v) is 11.7. The highest BCUT2D eigenvalue weighted by Gasteiger charge is 2.15. The van der Waals surface area contributed by atoms with Crippen molar-refractivity contribution < 1.29 is 22.3 Å². The van der Waals surface area contributed by atoms with Crippen molar-refractivity contribution in [3.63, 3.8) is 0 Å². The van der Waals surface area contributed by atoms with Gasteiger partial charge in [0.2, 0.25) is 10.0 Å². The fraction of sp³-hybridized carbons (Fsp3) is 0.143. The first-order chi connectivity index (χ1) is 9.89. The second-order valence-corrected chi connectivity index (χ2v) is 6.18. The van der Waals surface area contributed by atoms with Crippen LogP contribution < -0.4 is 4.72 Å². The van der Waals surface area contributed by atoms with Gasteiger partial charge in [-0.2, -0.15) is 0 Å². The molecule has 0 bridgehead atoms. The molecule has 0 aliphatic carbocycles. The molecule has 21 heavy (non-hydrogen) atoms. The Morgan fingerprint density at radius 3 is 2.24 bits per heavy atom. The molecule has 0 unspecified atom stereocenters. The summed E-state index contributed by atoms with van der Waals surface area (Å²) in [5.41, 5.74) is 0.693. The average molecular weight is 313 g/mol. The monoisotopic (exact) mass is 313 g/mol. The molecule has 112 valence electrons. The van der Waals surface area contributed by atoms with E-state index < -0.39 is 27.3 Å². The summed E-state index contributed by atoms with van der Waals surface area (Å²) in [5.74, 6) is -1.97. The molecule has 0 amide bonds. The third kappa shape index (κ3) is 4.24. The lowest BCUT2D eigenvalue weighted by atomic mass is 10.2. The number of hydrogen-bond acceptors (Lipinski definition) is 3. The number of sulfonamides is 1. The van der Waals surface area contributed by atoms with E-state index in [1.165, 1.54) is 0 Å². The molecule has 0 atom stereocenters. The van der Waals surface area contributed by atoms with Crippen molar-refractivity contribution in [1.29, 1.82) is 0 Å². The number of halogens is 2. The van der Waals surface area contributed by atoms with Crippen LogP contribution in [0.25, 0.3) is 0 Å². The molecule has 0 aliphatic heterocycles. The van der Waals surface area contributed by atoms with Gasteiger partial charge in [-0.15, -0.1) is 0 Å². The highest BCUT2D eigenvalue weighted by molar-refractivity contribution is 7.91. The summed E-state index contributed by atoms with van der Waals surface area (Å²) >= 11 is 0. The lowest BCUT2D eigenvalue weighted by Gasteiger charge is -2.09. The van der Waals surface area contributed by atoms with Crippen LogP contribution in [0.3, 0.4) is 0 Å². The average Bonchev–Trinajstić information content (AvgIpc) is 2.43. The molecule has 2 aromatic rings. The predicted molar refractivity (Wildman–Crippen MR) is 75.0 cm³/mol. The van der Waals surface area contributed by atoms with Crippen molar-refractivity contribution >= 4 is 15.7 Å². The van der Waals surface area contributed by atoms with Crippen molar-refractivity contribution in [3.8, 4) is 0 Å². The van der Waals surface area contributed by atoms with Crippen LogP contribution in [0.5, 0.6) is 0 Å². The Balaban J connectivity index is 2.16. The molecule has 0 radical (unpaired) electrons. The lowest BCUT2D eigenvalue weighted by molar-refractivity contribution is 0.282. The van der Waals surface area contributed by atoms with Crippen LogP contribution >= 0.6 is 0 Å². The van der Waals surface area contributed by atoms with Crippen LogP contribution in [0.15, 0.2) is 42.5 Å². The number of anilines is 1. The largest absolute Gasteiger partial charge is 0.392 e. The molecule has 0 aliphatic rings. The Hall–Kier alpha value is -1.99. The molecular weight excluding hydrogens is 300 g/mol. The van der Waals surface area contributed by atoms with Crippen LogP contribution in [0.2, 0.25) is 0 Å². The summed E-state index contributed by atoms with van der Waals surface area (Å²) < 4.78 is 52.3. The van der Waals surface area contributed by atoms with Gasteiger partial charge in [-0.25, -0.2) is 17.2 Å². The summed E-state index contributed by atoms with van der Waals surface area (Å²) in [6, 6.07) is 8.81. The van der Waals surface area contributed by atoms with Crippen LogP contribution in [0, 0.1) is 11.6 Å². The topological polar surface area (TPSA) is 66.4 Å². The highest BCUT2D eigenvalue weighted by atomic mass is 32.2. The minimum atomic E-state index is -3.87. The third-order valence-corrected chi connectivity index (χ3v) is 4.00. The van der Waals surface area contributed by atoms with Gasteiger partial charge >= 0.3 is 0 Å². The maximum absolute atomic E-state index is 13.4. The smallest absolute Gasteiger partial charge is 0.237 e. The standard InChI is InChI=1S/C14H13F2NO3S/c15-12-5-6-13(16)14(7-12)17-21(19,20)9-11-3-1-10(8-18)2-4-11/h1-7,17-18H,8-9H2. The normalized spacial score (nSPS) is 11.4. The molecule has 0 fully saturated rings. The molecule has 7 heteroatoms. The van der Waals surface area contributed by atoms with Crippen LogP contribution in [-0.4, -0.2) is 13.5 Å². The van der Waals surface area contributed by atoms with E-state index in [2.05, 4.69) is 0 Å². The van der Waals surface area contributed by atoms with E-state index in [0.29, 0.717) is 11.1 Å². The first-order valence-corrected chi connectivity index (χ1v) is 7.69. The molecule has 2 rings (SSSR count). The van der Waals surface area contributed by atoms with Gasteiger partial charge in [0, 0.05) is 6.07 Å². The molecule has 2 aromatic carbocycles. The Bertz CT molecular complexity index is 730. The minimum absolute atomic E-state index is 0.139. The molecule has 0 spiro atoms. The maximum atomic E-state index is 13.4. The second-order valence-electron chi connectivity index (χ2n) is 4.46. The van der Waals surface area contributed by atoms with Gasteiger partial charge in [0.1, 0.15) is 11.6 Å². The first-order valence-electron chi connectivity index (χ1n) is 6.04. The number of aliphatic hydroxyl groups excluding tert-OH is 1. The minimum Gasteiger partial charge on any atom is -0.392 e. The Labute approximate surface area is 121 Å². The van der Waals surface area contributed by atoms with Crippen molar-refractivity contribution in [2.45, 2.75) is 12.4 Å². The summed E-state index contributed by atoms with van der Waals surface area (Å²) in [6.07, 6.45) is 0. The fourth-order valence-corrected chi connectivity index (χ4v) is 2.93. The van der Waals surface area contributed by atoms with Crippen molar-refractivity contribution in [3.05, 3.63) is 65.2 Å². The van der Waals surface area contributed by atoms with Crippen molar-refractivity contribution in [2.24, 2.45) is 0 Å². The molecular formula is C14H13F2NO3S. The molecule has 2 N–H and O–H groups in total. The number of rotatable bonds is 5. The number of benzene rings is 2. The van der Waals surface area contributed by atoms with Crippen LogP contribution in [-0.2, 0) is 22.4 Å². The van der Waals surface area contributed by atoms with E-state index in [9.17, 15) is 17.2 Å². The van der Waals surface area contributed by atoms with Crippen molar-refractivity contribution in [2.75, 3.05) is 4.72 Å². The molecule has 0 aromatic heterocycles. The zero-order valence-electron chi connectivity index (χ0n) is 10.9.